The van der Waals surface area contributed by atoms with Gasteiger partial charge in [-0.1, -0.05) is 0 Å². The minimum atomic E-state index is -3.01. The Kier molecular flexibility index (Phi) is 7.95. The highest BCUT2D eigenvalue weighted by molar-refractivity contribution is 7.91. The summed E-state index contributed by atoms with van der Waals surface area (Å²) in [5.74, 6) is 0.187. The van der Waals surface area contributed by atoms with Gasteiger partial charge in [-0.25, -0.2) is 8.42 Å². The molecule has 0 bridgehead atoms. The number of hydrogen-bond acceptors (Lipinski definition) is 5. The van der Waals surface area contributed by atoms with Crippen LogP contribution in [0.5, 0.6) is 0 Å². The Morgan fingerprint density at radius 3 is 2.47 bits per heavy atom. The van der Waals surface area contributed by atoms with Gasteiger partial charge in [-0.05, 0) is 13.3 Å². The van der Waals surface area contributed by atoms with E-state index in [4.69, 9.17) is 15.2 Å². The van der Waals surface area contributed by atoms with Crippen LogP contribution in [0.15, 0.2) is 0 Å². The third kappa shape index (κ3) is 10.1. The van der Waals surface area contributed by atoms with E-state index in [1.54, 1.807) is 14.0 Å². The van der Waals surface area contributed by atoms with E-state index in [9.17, 15) is 8.42 Å². The smallest absolute Gasteiger partial charge is 0.151 e. The van der Waals surface area contributed by atoms with Gasteiger partial charge < -0.3 is 15.2 Å². The molecule has 1 atom stereocenters. The van der Waals surface area contributed by atoms with E-state index in [0.717, 1.165) is 0 Å². The molecule has 2 N–H and O–H groups in total. The summed E-state index contributed by atoms with van der Waals surface area (Å²) >= 11 is 0. The highest BCUT2D eigenvalue weighted by atomic mass is 32.2. The number of methoxy groups -OCH3 is 1. The fourth-order valence-corrected chi connectivity index (χ4v) is 2.63. The first-order valence-corrected chi connectivity index (χ1v) is 6.83. The first-order chi connectivity index (χ1) is 6.98. The van der Waals surface area contributed by atoms with Crippen LogP contribution in [0, 0.1) is 0 Å². The van der Waals surface area contributed by atoms with E-state index in [1.165, 1.54) is 0 Å². The monoisotopic (exact) mass is 239 g/mol. The van der Waals surface area contributed by atoms with Crippen molar-refractivity contribution in [3.05, 3.63) is 0 Å². The second-order valence-electron chi connectivity index (χ2n) is 3.55. The van der Waals surface area contributed by atoms with E-state index in [-0.39, 0.29) is 17.5 Å². The minimum Gasteiger partial charge on any atom is -0.382 e. The van der Waals surface area contributed by atoms with Crippen LogP contribution in [0.4, 0.5) is 0 Å². The Balaban J connectivity index is 3.50. The molecule has 0 rings (SSSR count). The van der Waals surface area contributed by atoms with Gasteiger partial charge in [0.25, 0.3) is 0 Å². The second-order valence-corrected chi connectivity index (χ2v) is 5.78. The fraction of sp³-hybridized carbons (Fsp3) is 1.00. The fourth-order valence-electron chi connectivity index (χ4n) is 1.11. The average Bonchev–Trinajstić information content (AvgIpc) is 2.08. The maximum absolute atomic E-state index is 11.4. The van der Waals surface area contributed by atoms with Crippen LogP contribution in [0.1, 0.15) is 13.3 Å². The largest absolute Gasteiger partial charge is 0.382 e. The van der Waals surface area contributed by atoms with Gasteiger partial charge in [0.15, 0.2) is 9.84 Å². The Bertz CT molecular complexity index is 238. The number of hydrogen-bond donors (Lipinski definition) is 1. The normalized spacial score (nSPS) is 14.1. The molecule has 0 aliphatic rings. The molecule has 6 heteroatoms. The number of ether oxygens (including phenoxy) is 2. The maximum Gasteiger partial charge on any atom is 0.151 e. The molecular formula is C9H21NO4S. The van der Waals surface area contributed by atoms with Crippen LogP contribution in [0.25, 0.3) is 0 Å². The van der Waals surface area contributed by atoms with Crippen molar-refractivity contribution in [1.82, 2.24) is 0 Å². The Morgan fingerprint density at radius 2 is 1.93 bits per heavy atom. The van der Waals surface area contributed by atoms with Crippen molar-refractivity contribution < 1.29 is 17.9 Å². The first kappa shape index (κ1) is 14.8. The van der Waals surface area contributed by atoms with Gasteiger partial charge in [0, 0.05) is 19.8 Å². The lowest BCUT2D eigenvalue weighted by molar-refractivity contribution is 0.0712. The van der Waals surface area contributed by atoms with Crippen LogP contribution >= 0.6 is 0 Å². The second kappa shape index (κ2) is 8.04. The van der Waals surface area contributed by atoms with Crippen molar-refractivity contribution in [2.24, 2.45) is 5.73 Å². The van der Waals surface area contributed by atoms with E-state index in [0.29, 0.717) is 26.2 Å². The number of rotatable bonds is 9. The van der Waals surface area contributed by atoms with Crippen LogP contribution in [-0.2, 0) is 19.3 Å². The van der Waals surface area contributed by atoms with Crippen LogP contribution in [-0.4, -0.2) is 52.9 Å². The van der Waals surface area contributed by atoms with E-state index < -0.39 is 9.84 Å². The third-order valence-electron chi connectivity index (χ3n) is 1.69. The third-order valence-corrected chi connectivity index (χ3v) is 3.64. The van der Waals surface area contributed by atoms with Crippen molar-refractivity contribution in [2.75, 3.05) is 38.4 Å². The zero-order valence-corrected chi connectivity index (χ0v) is 10.3. The molecule has 0 radical (unpaired) electrons. The maximum atomic E-state index is 11.4. The molecule has 0 saturated carbocycles. The van der Waals surface area contributed by atoms with Crippen molar-refractivity contribution in [3.63, 3.8) is 0 Å². The molecule has 0 amide bonds. The van der Waals surface area contributed by atoms with Crippen molar-refractivity contribution in [1.29, 1.82) is 0 Å². The van der Waals surface area contributed by atoms with Gasteiger partial charge in [0.1, 0.15) is 0 Å². The Hall–Kier alpha value is -0.170. The summed E-state index contributed by atoms with van der Waals surface area (Å²) in [4.78, 5) is 0. The van der Waals surface area contributed by atoms with Gasteiger partial charge in [0.05, 0.1) is 24.7 Å². The molecule has 0 aliphatic heterocycles. The molecule has 0 aromatic heterocycles. The summed E-state index contributed by atoms with van der Waals surface area (Å²) in [6, 6.07) is -0.301. The van der Waals surface area contributed by atoms with Gasteiger partial charge in [-0.15, -0.1) is 0 Å². The van der Waals surface area contributed by atoms with Crippen molar-refractivity contribution >= 4 is 9.84 Å². The molecule has 0 aromatic carbocycles. The van der Waals surface area contributed by atoms with E-state index >= 15 is 0 Å². The molecule has 15 heavy (non-hydrogen) atoms. The summed E-state index contributed by atoms with van der Waals surface area (Å²) in [7, 11) is -1.42. The Labute approximate surface area is 91.9 Å². The predicted octanol–water partition coefficient (Wildman–Crippen LogP) is -0.198. The molecular weight excluding hydrogens is 218 g/mol. The zero-order chi connectivity index (χ0) is 11.7. The topological polar surface area (TPSA) is 78.6 Å². The summed E-state index contributed by atoms with van der Waals surface area (Å²) in [6.07, 6.45) is 0.513. The van der Waals surface area contributed by atoms with Crippen LogP contribution in [0.2, 0.25) is 0 Å². The Morgan fingerprint density at radius 1 is 1.27 bits per heavy atom. The molecule has 0 heterocycles. The molecule has 5 nitrogen and oxygen atoms in total. The minimum absolute atomic E-state index is 0.0467. The number of sulfone groups is 1. The quantitative estimate of drug-likeness (QED) is 0.564. The van der Waals surface area contributed by atoms with Gasteiger partial charge >= 0.3 is 0 Å². The molecule has 0 fully saturated rings. The lowest BCUT2D eigenvalue weighted by Crippen LogP contribution is -2.28. The molecule has 0 spiro atoms. The van der Waals surface area contributed by atoms with Gasteiger partial charge in [-0.3, -0.25) is 0 Å². The lowest BCUT2D eigenvalue weighted by Gasteiger charge is -2.07. The van der Waals surface area contributed by atoms with Gasteiger partial charge in [0.2, 0.25) is 0 Å². The molecule has 0 aromatic rings. The van der Waals surface area contributed by atoms with Crippen LogP contribution < -0.4 is 5.73 Å². The molecule has 92 valence electrons. The molecule has 0 saturated heterocycles. The summed E-state index contributed by atoms with van der Waals surface area (Å²) in [6.45, 7) is 3.17. The molecule has 0 aliphatic carbocycles. The van der Waals surface area contributed by atoms with Crippen molar-refractivity contribution in [3.8, 4) is 0 Å². The average molecular weight is 239 g/mol. The lowest BCUT2D eigenvalue weighted by atomic mass is 10.4. The summed E-state index contributed by atoms with van der Waals surface area (Å²) < 4.78 is 32.7. The standard InChI is InChI=1S/C9H21NO4S/c1-9(10)8-15(11,12)7-3-4-14-6-5-13-2/h9H,3-8,10H2,1-2H3. The highest BCUT2D eigenvalue weighted by Gasteiger charge is 2.12. The highest BCUT2D eigenvalue weighted by Crippen LogP contribution is 1.96. The number of nitrogens with two attached hydrogens (primary N) is 1. The zero-order valence-electron chi connectivity index (χ0n) is 9.44. The van der Waals surface area contributed by atoms with E-state index in [2.05, 4.69) is 0 Å². The SMILES string of the molecule is COCCOCCCS(=O)(=O)CC(C)N. The van der Waals surface area contributed by atoms with Crippen molar-refractivity contribution in [2.45, 2.75) is 19.4 Å². The summed E-state index contributed by atoms with van der Waals surface area (Å²) in [5, 5.41) is 0. The predicted molar refractivity (Wildman–Crippen MR) is 59.6 cm³/mol. The van der Waals surface area contributed by atoms with E-state index in [1.807, 2.05) is 0 Å². The van der Waals surface area contributed by atoms with Gasteiger partial charge in [-0.2, -0.15) is 0 Å². The van der Waals surface area contributed by atoms with Crippen LogP contribution in [0.3, 0.4) is 0 Å². The molecule has 1 unspecified atom stereocenters. The summed E-state index contributed by atoms with van der Waals surface area (Å²) in [5.41, 5.74) is 5.42. The first-order valence-electron chi connectivity index (χ1n) is 5.00.